The first-order chi connectivity index (χ1) is 22.5. The van der Waals surface area contributed by atoms with Crippen LogP contribution in [0.15, 0.2) is 42.5 Å². The molecule has 1 saturated carbocycles. The summed E-state index contributed by atoms with van der Waals surface area (Å²) in [4.78, 5) is 52.8. The van der Waals surface area contributed by atoms with Crippen LogP contribution in [0.25, 0.3) is 0 Å². The van der Waals surface area contributed by atoms with E-state index in [1.54, 1.807) is 41.5 Å². The van der Waals surface area contributed by atoms with Gasteiger partial charge in [0.05, 0.1) is 42.9 Å². The molecule has 3 aromatic carbocycles. The number of imide groups is 1. The normalized spacial score (nSPS) is 16.8. The lowest BCUT2D eigenvalue weighted by Gasteiger charge is -2.30. The zero-order chi connectivity index (χ0) is 37.0. The van der Waals surface area contributed by atoms with Gasteiger partial charge in [0.1, 0.15) is 15.8 Å². The molecule has 0 spiro atoms. The van der Waals surface area contributed by atoms with E-state index in [0.717, 1.165) is 12.1 Å². The van der Waals surface area contributed by atoms with E-state index in [2.05, 4.69) is 10.6 Å². The van der Waals surface area contributed by atoms with Gasteiger partial charge in [0.25, 0.3) is 5.91 Å². The van der Waals surface area contributed by atoms with E-state index in [-0.39, 0.29) is 53.2 Å². The van der Waals surface area contributed by atoms with Crippen molar-refractivity contribution in [1.82, 2.24) is 0 Å². The molecule has 0 saturated heterocycles. The van der Waals surface area contributed by atoms with Crippen LogP contribution in [0.1, 0.15) is 68.9 Å². The largest absolute Gasteiger partial charge is 0.464 e. The SMILES string of the molecule is CC(C)(C)OC(=O)N(C(=O)O)c1ccc(F)c(C(C)(C)C)c1NC(=O)c1cc(NC(=O)[C@H]2[C@H](c3cc(Cl)c(Cl)c(Cl)c3)C2(Cl)Cl)ccc1Cl. The number of alkyl halides is 2. The van der Waals surface area contributed by atoms with Gasteiger partial charge in [-0.05, 0) is 74.2 Å². The van der Waals surface area contributed by atoms with Crippen LogP contribution in [0.5, 0.6) is 0 Å². The van der Waals surface area contributed by atoms with Crippen LogP contribution in [0.2, 0.25) is 20.1 Å². The van der Waals surface area contributed by atoms with E-state index >= 15 is 4.39 Å². The standard InChI is InChI=1S/C33H30Cl6FN3O6/c1-31(2,3)23-20(40)9-10-21(43(29(46)47)30(48)49-32(4,5)6)26(23)42-27(44)16-13-15(7-8-17(16)34)41-28(45)24-22(33(24,38)39)14-11-18(35)25(37)19(36)12-14/h7-13,22,24H,1-6H3,(H,41,45)(H,42,44)(H,46,47)/t22-,24+/m0/s1. The highest BCUT2D eigenvalue weighted by Gasteiger charge is 2.67. The van der Waals surface area contributed by atoms with Gasteiger partial charge in [0, 0.05) is 17.2 Å². The first-order valence-electron chi connectivity index (χ1n) is 14.5. The summed E-state index contributed by atoms with van der Waals surface area (Å²) in [6.45, 7) is 9.53. The van der Waals surface area contributed by atoms with Gasteiger partial charge in [0.2, 0.25) is 5.91 Å². The van der Waals surface area contributed by atoms with Crippen LogP contribution < -0.4 is 15.5 Å². The average molecular weight is 796 g/mol. The number of rotatable bonds is 6. The molecule has 0 aliphatic heterocycles. The molecule has 3 N–H and O–H groups in total. The first kappa shape index (κ1) is 38.8. The summed E-state index contributed by atoms with van der Waals surface area (Å²) in [6.07, 6.45) is -3.02. The lowest BCUT2D eigenvalue weighted by atomic mass is 9.84. The average Bonchev–Trinajstić information content (AvgIpc) is 3.53. The van der Waals surface area contributed by atoms with Crippen LogP contribution in [0.3, 0.4) is 0 Å². The second kappa shape index (κ2) is 14.0. The van der Waals surface area contributed by atoms with Gasteiger partial charge in [0.15, 0.2) is 0 Å². The Hall–Kier alpha value is -2.99. The Balaban J connectivity index is 1.69. The monoisotopic (exact) mass is 793 g/mol. The summed E-state index contributed by atoms with van der Waals surface area (Å²) in [5.74, 6) is -3.92. The summed E-state index contributed by atoms with van der Waals surface area (Å²) in [7, 11) is 0. The predicted molar refractivity (Wildman–Crippen MR) is 192 cm³/mol. The molecule has 3 aromatic rings. The number of amides is 4. The maximum Gasteiger partial charge on any atom is 0.424 e. The molecular weight excluding hydrogens is 766 g/mol. The summed E-state index contributed by atoms with van der Waals surface area (Å²) in [6, 6.07) is 9.07. The van der Waals surface area contributed by atoms with Crippen molar-refractivity contribution in [3.63, 3.8) is 0 Å². The minimum Gasteiger partial charge on any atom is -0.464 e. The smallest absolute Gasteiger partial charge is 0.424 e. The van der Waals surface area contributed by atoms with Gasteiger partial charge in [-0.1, -0.05) is 67.2 Å². The fourth-order valence-corrected chi connectivity index (χ4v) is 6.84. The quantitative estimate of drug-likeness (QED) is 0.168. The van der Waals surface area contributed by atoms with Gasteiger partial charge in [-0.25, -0.2) is 14.0 Å². The number of benzene rings is 3. The Morgan fingerprint density at radius 2 is 1.47 bits per heavy atom. The molecule has 4 rings (SSSR count). The van der Waals surface area contributed by atoms with Crippen molar-refractivity contribution in [3.8, 4) is 0 Å². The third-order valence-electron chi connectivity index (χ3n) is 7.31. The van der Waals surface area contributed by atoms with E-state index in [1.165, 1.54) is 30.3 Å². The molecule has 262 valence electrons. The number of nitrogens with one attached hydrogen (secondary N) is 2. The Labute approximate surface area is 311 Å². The Morgan fingerprint density at radius 3 is 2.00 bits per heavy atom. The van der Waals surface area contributed by atoms with Crippen molar-refractivity contribution in [2.24, 2.45) is 5.92 Å². The number of anilines is 3. The molecule has 1 aliphatic carbocycles. The zero-order valence-electron chi connectivity index (χ0n) is 26.8. The number of carbonyl (C=O) groups is 4. The van der Waals surface area contributed by atoms with Crippen LogP contribution in [-0.4, -0.2) is 39.0 Å². The molecule has 9 nitrogen and oxygen atoms in total. The van der Waals surface area contributed by atoms with E-state index in [0.29, 0.717) is 5.56 Å². The van der Waals surface area contributed by atoms with E-state index < -0.39 is 57.0 Å². The van der Waals surface area contributed by atoms with Crippen LogP contribution >= 0.6 is 69.6 Å². The van der Waals surface area contributed by atoms with Crippen molar-refractivity contribution >= 4 is 111 Å². The van der Waals surface area contributed by atoms with Crippen molar-refractivity contribution in [3.05, 3.63) is 85.1 Å². The number of ether oxygens (including phenoxy) is 1. The highest BCUT2D eigenvalue weighted by molar-refractivity contribution is 6.54. The molecule has 0 heterocycles. The maximum atomic E-state index is 15.4. The number of carboxylic acid groups (broad SMARTS) is 1. The second-order valence-corrected chi connectivity index (χ2v) is 16.3. The molecule has 49 heavy (non-hydrogen) atoms. The van der Waals surface area contributed by atoms with Gasteiger partial charge < -0.3 is 20.5 Å². The highest BCUT2D eigenvalue weighted by atomic mass is 35.5. The molecule has 0 radical (unpaired) electrons. The first-order valence-corrected chi connectivity index (χ1v) is 16.8. The fraction of sp³-hybridized carbons (Fsp3) is 0.333. The van der Waals surface area contributed by atoms with Crippen LogP contribution in [0.4, 0.5) is 31.0 Å². The molecule has 16 heteroatoms. The van der Waals surface area contributed by atoms with Gasteiger partial charge in [-0.15, -0.1) is 23.2 Å². The third-order valence-corrected chi connectivity index (χ3v) is 9.78. The maximum absolute atomic E-state index is 15.4. The van der Waals surface area contributed by atoms with Crippen molar-refractivity contribution < 1.29 is 33.4 Å². The van der Waals surface area contributed by atoms with Gasteiger partial charge >= 0.3 is 12.2 Å². The molecule has 0 unspecified atom stereocenters. The lowest BCUT2D eigenvalue weighted by Crippen LogP contribution is -2.41. The fourth-order valence-electron chi connectivity index (χ4n) is 5.20. The van der Waals surface area contributed by atoms with Gasteiger partial charge in [-0.3, -0.25) is 9.59 Å². The summed E-state index contributed by atoms with van der Waals surface area (Å²) < 4.78 is 19.2. The van der Waals surface area contributed by atoms with Crippen LogP contribution in [0, 0.1) is 11.7 Å². The molecule has 0 aromatic heterocycles. The zero-order valence-corrected chi connectivity index (χ0v) is 31.3. The molecule has 0 bridgehead atoms. The number of halogens is 7. The number of hydrogen-bond donors (Lipinski definition) is 3. The van der Waals surface area contributed by atoms with E-state index in [1.807, 2.05) is 0 Å². The summed E-state index contributed by atoms with van der Waals surface area (Å²) in [5.41, 5.74) is -2.44. The Morgan fingerprint density at radius 1 is 0.878 bits per heavy atom. The van der Waals surface area contributed by atoms with Crippen LogP contribution in [-0.2, 0) is 14.9 Å². The van der Waals surface area contributed by atoms with Crippen molar-refractivity contribution in [2.75, 3.05) is 15.5 Å². The molecule has 2 atom stereocenters. The second-order valence-electron chi connectivity index (χ2n) is 13.2. The molecule has 1 aliphatic rings. The summed E-state index contributed by atoms with van der Waals surface area (Å²) in [5, 5.41) is 15.6. The molecular formula is C33H30Cl6FN3O6. The van der Waals surface area contributed by atoms with E-state index in [9.17, 15) is 24.3 Å². The predicted octanol–water partition coefficient (Wildman–Crippen LogP) is 10.9. The Kier molecular flexibility index (Phi) is 11.1. The van der Waals surface area contributed by atoms with E-state index in [4.69, 9.17) is 74.3 Å². The molecule has 1 fully saturated rings. The van der Waals surface area contributed by atoms with Crippen molar-refractivity contribution in [1.29, 1.82) is 0 Å². The lowest BCUT2D eigenvalue weighted by molar-refractivity contribution is -0.117. The topological polar surface area (TPSA) is 125 Å². The minimum absolute atomic E-state index is 0.0632. The minimum atomic E-state index is -1.74. The third kappa shape index (κ3) is 8.32. The number of nitrogens with zero attached hydrogens (tertiary/aromatic N) is 1. The number of carbonyl (C=O) groups excluding carboxylic acids is 3. The Bertz CT molecular complexity index is 1850. The highest BCUT2D eigenvalue weighted by Crippen LogP contribution is 2.65. The number of hydrogen-bond acceptors (Lipinski definition) is 5. The summed E-state index contributed by atoms with van der Waals surface area (Å²) >= 11 is 37.7. The van der Waals surface area contributed by atoms with Crippen molar-refractivity contribution in [2.45, 2.75) is 62.8 Å². The van der Waals surface area contributed by atoms with Gasteiger partial charge in [-0.2, -0.15) is 4.90 Å². The molecule has 4 amide bonds.